The van der Waals surface area contributed by atoms with Crippen LogP contribution in [0.2, 0.25) is 0 Å². The number of hydrogen-bond acceptors (Lipinski definition) is 5. The number of hydrogen-bond donors (Lipinski definition) is 1. The third-order valence-corrected chi connectivity index (χ3v) is 3.14. The molecule has 2 N–H and O–H groups in total. The third kappa shape index (κ3) is 1.93. The maximum absolute atomic E-state index is 11.8. The van der Waals surface area contributed by atoms with Crippen molar-refractivity contribution in [1.29, 1.82) is 0 Å². The zero-order valence-electron chi connectivity index (χ0n) is 11.0. The van der Waals surface area contributed by atoms with Crippen LogP contribution in [-0.4, -0.2) is 22.5 Å². The average molecular weight is 267 g/mol. The minimum absolute atomic E-state index is 0.339. The zero-order valence-corrected chi connectivity index (χ0v) is 11.0. The fourth-order valence-electron chi connectivity index (χ4n) is 2.21. The van der Waals surface area contributed by atoms with Crippen LogP contribution in [0.3, 0.4) is 0 Å². The van der Waals surface area contributed by atoms with Crippen molar-refractivity contribution < 1.29 is 9.53 Å². The number of anilines is 1. The summed E-state index contributed by atoms with van der Waals surface area (Å²) in [6.07, 6.45) is 3.37. The number of ether oxygens (including phenoxy) is 1. The summed E-state index contributed by atoms with van der Waals surface area (Å²) in [5.41, 5.74) is 7.17. The molecular formula is C15H13N3O2. The number of aromatic nitrogens is 2. The summed E-state index contributed by atoms with van der Waals surface area (Å²) in [7, 11) is 0. The van der Waals surface area contributed by atoms with E-state index < -0.39 is 0 Å². The highest BCUT2D eigenvalue weighted by Crippen LogP contribution is 2.27. The summed E-state index contributed by atoms with van der Waals surface area (Å²) in [6, 6.07) is 7.12. The first-order valence-corrected chi connectivity index (χ1v) is 6.31. The van der Waals surface area contributed by atoms with Gasteiger partial charge in [0.1, 0.15) is 5.82 Å². The maximum Gasteiger partial charge on any atom is 0.338 e. The number of nitrogen functional groups attached to an aromatic ring is 1. The van der Waals surface area contributed by atoms with Gasteiger partial charge in [-0.25, -0.2) is 9.78 Å². The van der Waals surface area contributed by atoms with Crippen LogP contribution >= 0.6 is 0 Å². The van der Waals surface area contributed by atoms with Gasteiger partial charge in [-0.05, 0) is 36.6 Å². The largest absolute Gasteiger partial charge is 0.462 e. The number of fused-ring (bicyclic) bond motifs is 3. The number of rotatable bonds is 2. The number of carbonyl (C=O) groups excluding carboxylic acids is 1. The first-order valence-electron chi connectivity index (χ1n) is 6.31. The second-order valence-electron chi connectivity index (χ2n) is 4.37. The number of pyridine rings is 2. The molecule has 20 heavy (non-hydrogen) atoms. The van der Waals surface area contributed by atoms with Gasteiger partial charge in [0, 0.05) is 23.2 Å². The number of carbonyl (C=O) groups is 1. The van der Waals surface area contributed by atoms with Gasteiger partial charge in [0.15, 0.2) is 0 Å². The second-order valence-corrected chi connectivity index (χ2v) is 4.37. The van der Waals surface area contributed by atoms with Crippen molar-refractivity contribution in [3.63, 3.8) is 0 Å². The highest BCUT2D eigenvalue weighted by atomic mass is 16.5. The summed E-state index contributed by atoms with van der Waals surface area (Å²) in [6.45, 7) is 2.13. The molecule has 2 aromatic heterocycles. The van der Waals surface area contributed by atoms with Crippen LogP contribution in [0.15, 0.2) is 36.7 Å². The Morgan fingerprint density at radius 1 is 1.25 bits per heavy atom. The van der Waals surface area contributed by atoms with Crippen LogP contribution < -0.4 is 5.73 Å². The van der Waals surface area contributed by atoms with Crippen molar-refractivity contribution in [3.05, 3.63) is 42.2 Å². The molecule has 0 unspecified atom stereocenters. The lowest BCUT2D eigenvalue weighted by Gasteiger charge is -2.07. The predicted octanol–water partition coefficient (Wildman–Crippen LogP) is 2.54. The van der Waals surface area contributed by atoms with E-state index in [0.29, 0.717) is 18.0 Å². The molecule has 2 heterocycles. The smallest absolute Gasteiger partial charge is 0.338 e. The van der Waals surface area contributed by atoms with Crippen molar-refractivity contribution in [1.82, 2.24) is 9.97 Å². The lowest BCUT2D eigenvalue weighted by Crippen LogP contribution is -2.04. The Morgan fingerprint density at radius 2 is 2.10 bits per heavy atom. The Bertz CT molecular complexity index is 815. The molecule has 5 heteroatoms. The van der Waals surface area contributed by atoms with E-state index in [1.54, 1.807) is 37.5 Å². The first-order chi connectivity index (χ1) is 9.70. The van der Waals surface area contributed by atoms with E-state index in [2.05, 4.69) is 9.97 Å². The molecule has 0 saturated heterocycles. The number of esters is 1. The molecule has 3 aromatic rings. The van der Waals surface area contributed by atoms with Crippen molar-refractivity contribution in [2.24, 2.45) is 0 Å². The lowest BCUT2D eigenvalue weighted by atomic mass is 10.1. The molecule has 0 fully saturated rings. The molecule has 0 radical (unpaired) electrons. The Kier molecular flexibility index (Phi) is 2.95. The van der Waals surface area contributed by atoms with Gasteiger partial charge in [0.2, 0.25) is 0 Å². The van der Waals surface area contributed by atoms with Crippen LogP contribution in [0.1, 0.15) is 17.3 Å². The van der Waals surface area contributed by atoms with E-state index in [-0.39, 0.29) is 5.97 Å². The molecule has 0 bridgehead atoms. The van der Waals surface area contributed by atoms with Crippen molar-refractivity contribution >= 4 is 33.5 Å². The van der Waals surface area contributed by atoms with Crippen LogP contribution in [0.25, 0.3) is 21.7 Å². The highest BCUT2D eigenvalue weighted by molar-refractivity contribution is 6.10. The van der Waals surface area contributed by atoms with Crippen molar-refractivity contribution in [2.75, 3.05) is 12.3 Å². The molecule has 0 saturated carbocycles. The quantitative estimate of drug-likeness (QED) is 0.570. The molecule has 0 amide bonds. The summed E-state index contributed by atoms with van der Waals surface area (Å²) in [5, 5.41) is 2.57. The molecule has 0 aliphatic rings. The molecular weight excluding hydrogens is 254 g/mol. The fourth-order valence-corrected chi connectivity index (χ4v) is 2.21. The Hall–Kier alpha value is -2.69. The fraction of sp³-hybridized carbons (Fsp3) is 0.133. The SMILES string of the molecule is CCOC(=O)c1ccc2nc(N)c3cnccc3c2c1. The standard InChI is InChI=1S/C15H13N3O2/c1-2-20-15(19)9-3-4-13-11(7-9)10-5-6-17-8-12(10)14(16)18-13/h3-8H,2H2,1H3,(H2,16,18). The molecule has 1 aromatic carbocycles. The highest BCUT2D eigenvalue weighted by Gasteiger charge is 2.11. The number of nitrogens with zero attached hydrogens (tertiary/aromatic N) is 2. The normalized spacial score (nSPS) is 10.8. The molecule has 0 spiro atoms. The Morgan fingerprint density at radius 3 is 2.90 bits per heavy atom. The first kappa shape index (κ1) is 12.3. The Labute approximate surface area is 115 Å². The van der Waals surface area contributed by atoms with Gasteiger partial charge in [-0.1, -0.05) is 0 Å². The summed E-state index contributed by atoms with van der Waals surface area (Å²) < 4.78 is 5.02. The van der Waals surface area contributed by atoms with E-state index in [0.717, 1.165) is 21.7 Å². The van der Waals surface area contributed by atoms with Crippen LogP contribution in [0, 0.1) is 0 Å². The van der Waals surface area contributed by atoms with Gasteiger partial charge in [0.05, 0.1) is 17.7 Å². The number of nitrogens with two attached hydrogens (primary N) is 1. The molecule has 5 nitrogen and oxygen atoms in total. The van der Waals surface area contributed by atoms with E-state index in [9.17, 15) is 4.79 Å². The van der Waals surface area contributed by atoms with Gasteiger partial charge in [-0.2, -0.15) is 0 Å². The molecule has 0 atom stereocenters. The van der Waals surface area contributed by atoms with E-state index in [1.807, 2.05) is 6.07 Å². The van der Waals surface area contributed by atoms with Gasteiger partial charge in [-0.15, -0.1) is 0 Å². The summed E-state index contributed by atoms with van der Waals surface area (Å²) in [4.78, 5) is 20.2. The number of benzene rings is 1. The maximum atomic E-state index is 11.8. The Balaban J connectivity index is 2.30. The molecule has 0 aliphatic carbocycles. The van der Waals surface area contributed by atoms with Gasteiger partial charge in [-0.3, -0.25) is 4.98 Å². The van der Waals surface area contributed by atoms with E-state index >= 15 is 0 Å². The van der Waals surface area contributed by atoms with Gasteiger partial charge < -0.3 is 10.5 Å². The van der Waals surface area contributed by atoms with Crippen LogP contribution in [0.4, 0.5) is 5.82 Å². The third-order valence-electron chi connectivity index (χ3n) is 3.14. The topological polar surface area (TPSA) is 78.1 Å². The van der Waals surface area contributed by atoms with Crippen LogP contribution in [0.5, 0.6) is 0 Å². The van der Waals surface area contributed by atoms with E-state index in [4.69, 9.17) is 10.5 Å². The lowest BCUT2D eigenvalue weighted by molar-refractivity contribution is 0.0526. The van der Waals surface area contributed by atoms with Gasteiger partial charge >= 0.3 is 5.97 Å². The monoisotopic (exact) mass is 267 g/mol. The van der Waals surface area contributed by atoms with Crippen molar-refractivity contribution in [3.8, 4) is 0 Å². The molecule has 3 rings (SSSR count). The zero-order chi connectivity index (χ0) is 14.1. The summed E-state index contributed by atoms with van der Waals surface area (Å²) >= 11 is 0. The average Bonchev–Trinajstić information content (AvgIpc) is 2.47. The minimum atomic E-state index is -0.339. The van der Waals surface area contributed by atoms with E-state index in [1.165, 1.54) is 0 Å². The summed E-state index contributed by atoms with van der Waals surface area (Å²) in [5.74, 6) is 0.0953. The van der Waals surface area contributed by atoms with Crippen LogP contribution in [-0.2, 0) is 4.74 Å². The predicted molar refractivity (Wildman–Crippen MR) is 77.4 cm³/mol. The minimum Gasteiger partial charge on any atom is -0.462 e. The second kappa shape index (κ2) is 4.77. The van der Waals surface area contributed by atoms with Crippen molar-refractivity contribution in [2.45, 2.75) is 6.92 Å². The molecule has 100 valence electrons. The van der Waals surface area contributed by atoms with Gasteiger partial charge in [0.25, 0.3) is 0 Å². The molecule has 0 aliphatic heterocycles.